The molecule has 0 aliphatic carbocycles. The lowest BCUT2D eigenvalue weighted by Crippen LogP contribution is -1.99. The summed E-state index contributed by atoms with van der Waals surface area (Å²) >= 11 is 0. The first-order chi connectivity index (χ1) is 9.17. The predicted molar refractivity (Wildman–Crippen MR) is 69.4 cm³/mol. The number of oxazole rings is 1. The Kier molecular flexibility index (Phi) is 3.85. The number of carboxylic acid groups (broad SMARTS) is 1. The lowest BCUT2D eigenvalue weighted by Gasteiger charge is -2.03. The molecule has 0 saturated heterocycles. The number of carboxylic acids is 1. The molecule has 0 aliphatic rings. The van der Waals surface area contributed by atoms with Crippen LogP contribution in [0.1, 0.15) is 29.6 Å². The van der Waals surface area contributed by atoms with E-state index in [1.54, 1.807) is 19.2 Å². The van der Waals surface area contributed by atoms with Crippen molar-refractivity contribution in [2.45, 2.75) is 19.8 Å². The highest BCUT2D eigenvalue weighted by Crippen LogP contribution is 2.30. The smallest absolute Gasteiger partial charge is 0.373 e. The largest absolute Gasteiger partial charge is 0.496 e. The highest BCUT2D eigenvalue weighted by Gasteiger charge is 2.21. The fraction of sp³-hybridized carbons (Fsp3) is 0.286. The number of ether oxygens (including phenoxy) is 1. The van der Waals surface area contributed by atoms with Gasteiger partial charge in [0.2, 0.25) is 11.7 Å². The molecule has 5 heteroatoms. The topological polar surface area (TPSA) is 72.6 Å². The van der Waals surface area contributed by atoms with E-state index in [2.05, 4.69) is 4.98 Å². The average Bonchev–Trinajstić information content (AvgIpc) is 2.83. The Morgan fingerprint density at radius 3 is 2.79 bits per heavy atom. The third kappa shape index (κ3) is 2.59. The summed E-state index contributed by atoms with van der Waals surface area (Å²) in [6.45, 7) is 1.96. The number of aromatic nitrogens is 1. The quantitative estimate of drug-likeness (QED) is 0.895. The van der Waals surface area contributed by atoms with Gasteiger partial charge in [-0.2, -0.15) is 0 Å². The van der Waals surface area contributed by atoms with Crippen molar-refractivity contribution in [2.24, 2.45) is 0 Å². The Balaban J connectivity index is 2.51. The number of carbonyl (C=O) groups is 1. The molecule has 0 saturated carbocycles. The Morgan fingerprint density at radius 2 is 2.16 bits per heavy atom. The molecule has 1 N–H and O–H groups in total. The molecule has 1 aromatic heterocycles. The number of rotatable bonds is 5. The van der Waals surface area contributed by atoms with Crippen molar-refractivity contribution in [3.8, 4) is 17.2 Å². The molecule has 19 heavy (non-hydrogen) atoms. The van der Waals surface area contributed by atoms with Crippen LogP contribution in [0.4, 0.5) is 0 Å². The van der Waals surface area contributed by atoms with Gasteiger partial charge >= 0.3 is 5.97 Å². The number of hydrogen-bond acceptors (Lipinski definition) is 4. The van der Waals surface area contributed by atoms with Crippen LogP contribution >= 0.6 is 0 Å². The van der Waals surface area contributed by atoms with Crippen molar-refractivity contribution in [3.63, 3.8) is 0 Å². The van der Waals surface area contributed by atoms with Crippen molar-refractivity contribution in [1.82, 2.24) is 4.98 Å². The number of para-hydroxylation sites is 1. The Bertz CT molecular complexity index is 589. The number of methoxy groups -OCH3 is 1. The van der Waals surface area contributed by atoms with Crippen LogP contribution < -0.4 is 4.74 Å². The number of nitrogens with zero attached hydrogens (tertiary/aromatic N) is 1. The number of aromatic carboxylic acids is 1. The molecular weight excluding hydrogens is 246 g/mol. The fourth-order valence-corrected chi connectivity index (χ4v) is 1.86. The van der Waals surface area contributed by atoms with E-state index in [0.717, 1.165) is 6.42 Å². The van der Waals surface area contributed by atoms with Crippen LogP contribution in [0.3, 0.4) is 0 Å². The van der Waals surface area contributed by atoms with Gasteiger partial charge in [-0.1, -0.05) is 25.5 Å². The van der Waals surface area contributed by atoms with Gasteiger partial charge in [0.1, 0.15) is 5.75 Å². The van der Waals surface area contributed by atoms with E-state index in [4.69, 9.17) is 14.3 Å². The first kappa shape index (κ1) is 13.1. The van der Waals surface area contributed by atoms with Gasteiger partial charge < -0.3 is 14.3 Å². The minimum absolute atomic E-state index is 0.0947. The highest BCUT2D eigenvalue weighted by atomic mass is 16.5. The Labute approximate surface area is 110 Å². The summed E-state index contributed by atoms with van der Waals surface area (Å²) in [5.41, 5.74) is 1.12. The van der Waals surface area contributed by atoms with Gasteiger partial charge in [0.05, 0.1) is 18.4 Å². The van der Waals surface area contributed by atoms with Crippen LogP contribution in [0.2, 0.25) is 0 Å². The van der Waals surface area contributed by atoms with Gasteiger partial charge in [-0.05, 0) is 18.6 Å². The van der Waals surface area contributed by atoms with Crippen molar-refractivity contribution in [3.05, 3.63) is 35.7 Å². The second-order valence-corrected chi connectivity index (χ2v) is 4.05. The van der Waals surface area contributed by atoms with Crippen LogP contribution in [0.25, 0.3) is 11.5 Å². The molecule has 0 bridgehead atoms. The summed E-state index contributed by atoms with van der Waals surface area (Å²) in [7, 11) is 1.55. The molecule has 1 heterocycles. The molecule has 0 fully saturated rings. The van der Waals surface area contributed by atoms with E-state index in [1.807, 2.05) is 19.1 Å². The normalized spacial score (nSPS) is 10.4. The zero-order valence-electron chi connectivity index (χ0n) is 10.8. The zero-order chi connectivity index (χ0) is 13.8. The van der Waals surface area contributed by atoms with Crippen LogP contribution in [-0.4, -0.2) is 23.2 Å². The molecule has 100 valence electrons. The first-order valence-electron chi connectivity index (χ1n) is 6.03. The molecule has 0 unspecified atom stereocenters. The van der Waals surface area contributed by atoms with Crippen LogP contribution in [0, 0.1) is 0 Å². The SMILES string of the molecule is CCCc1nc(-c2ccccc2OC)oc1C(=O)O. The first-order valence-corrected chi connectivity index (χ1v) is 6.03. The van der Waals surface area contributed by atoms with Gasteiger partial charge in [-0.15, -0.1) is 0 Å². The second-order valence-electron chi connectivity index (χ2n) is 4.05. The van der Waals surface area contributed by atoms with Crippen LogP contribution in [-0.2, 0) is 6.42 Å². The summed E-state index contributed by atoms with van der Waals surface area (Å²) in [6, 6.07) is 7.21. The molecule has 5 nitrogen and oxygen atoms in total. The summed E-state index contributed by atoms with van der Waals surface area (Å²) in [4.78, 5) is 15.4. The van der Waals surface area contributed by atoms with Gasteiger partial charge in [0.25, 0.3) is 0 Å². The minimum Gasteiger partial charge on any atom is -0.496 e. The molecule has 0 radical (unpaired) electrons. The molecular formula is C14H15NO4. The minimum atomic E-state index is -1.10. The zero-order valence-corrected chi connectivity index (χ0v) is 10.8. The van der Waals surface area contributed by atoms with E-state index in [0.29, 0.717) is 23.4 Å². The summed E-state index contributed by atoms with van der Waals surface area (Å²) in [5.74, 6) is -0.318. The van der Waals surface area contributed by atoms with Gasteiger partial charge in [-0.3, -0.25) is 0 Å². The maximum atomic E-state index is 11.1. The fourth-order valence-electron chi connectivity index (χ4n) is 1.86. The van der Waals surface area contributed by atoms with Crippen molar-refractivity contribution >= 4 is 5.97 Å². The van der Waals surface area contributed by atoms with Gasteiger partial charge in [0.15, 0.2) is 0 Å². The third-order valence-corrected chi connectivity index (χ3v) is 2.72. The van der Waals surface area contributed by atoms with Crippen molar-refractivity contribution in [2.75, 3.05) is 7.11 Å². The second kappa shape index (κ2) is 5.56. The number of benzene rings is 1. The van der Waals surface area contributed by atoms with E-state index in [-0.39, 0.29) is 11.7 Å². The molecule has 0 aliphatic heterocycles. The standard InChI is InChI=1S/C14H15NO4/c1-3-6-10-12(14(16)17)19-13(15-10)9-7-4-5-8-11(9)18-2/h4-5,7-8H,3,6H2,1-2H3,(H,16,17). The Morgan fingerprint density at radius 1 is 1.42 bits per heavy atom. The molecule has 1 aromatic carbocycles. The molecule has 2 rings (SSSR count). The molecule has 0 amide bonds. The van der Waals surface area contributed by atoms with Crippen LogP contribution in [0.5, 0.6) is 5.75 Å². The van der Waals surface area contributed by atoms with E-state index >= 15 is 0 Å². The third-order valence-electron chi connectivity index (χ3n) is 2.72. The number of aryl methyl sites for hydroxylation is 1. The van der Waals surface area contributed by atoms with E-state index in [9.17, 15) is 4.79 Å². The average molecular weight is 261 g/mol. The summed E-state index contributed by atoms with van der Waals surface area (Å²) < 4.78 is 10.6. The van der Waals surface area contributed by atoms with Gasteiger partial charge in [-0.25, -0.2) is 9.78 Å². The highest BCUT2D eigenvalue weighted by molar-refractivity contribution is 5.86. The lowest BCUT2D eigenvalue weighted by atomic mass is 10.2. The number of hydrogen-bond donors (Lipinski definition) is 1. The Hall–Kier alpha value is -2.30. The summed E-state index contributed by atoms with van der Waals surface area (Å²) in [5, 5.41) is 9.11. The monoisotopic (exact) mass is 261 g/mol. The van der Waals surface area contributed by atoms with Crippen molar-refractivity contribution in [1.29, 1.82) is 0 Å². The maximum Gasteiger partial charge on any atom is 0.373 e. The summed E-state index contributed by atoms with van der Waals surface area (Å²) in [6.07, 6.45) is 1.37. The van der Waals surface area contributed by atoms with Crippen LogP contribution in [0.15, 0.2) is 28.7 Å². The van der Waals surface area contributed by atoms with E-state index in [1.165, 1.54) is 0 Å². The van der Waals surface area contributed by atoms with Crippen molar-refractivity contribution < 1.29 is 19.1 Å². The predicted octanol–water partition coefficient (Wildman–Crippen LogP) is 3.00. The van der Waals surface area contributed by atoms with Gasteiger partial charge in [0, 0.05) is 0 Å². The van der Waals surface area contributed by atoms with E-state index < -0.39 is 5.97 Å². The maximum absolute atomic E-state index is 11.1. The molecule has 0 spiro atoms. The molecule has 2 aromatic rings. The lowest BCUT2D eigenvalue weighted by molar-refractivity contribution is 0.0661. The molecule has 0 atom stereocenters.